The molecule has 2 rings (SSSR count). The third kappa shape index (κ3) is 4.32. The van der Waals surface area contributed by atoms with Crippen LogP contribution in [0, 0.1) is 0 Å². The Balaban J connectivity index is 0.00000144. The number of carbonyl (C=O) groups excluding carboxylic acids is 1. The van der Waals surface area contributed by atoms with Crippen LogP contribution in [-0.4, -0.2) is 61.2 Å². The third-order valence-electron chi connectivity index (χ3n) is 3.27. The molecule has 6 heteroatoms. The lowest BCUT2D eigenvalue weighted by Gasteiger charge is -2.27. The molecule has 0 radical (unpaired) electrons. The summed E-state index contributed by atoms with van der Waals surface area (Å²) < 4.78 is 5.30. The van der Waals surface area contributed by atoms with Crippen molar-refractivity contribution in [2.75, 3.05) is 38.3 Å². The van der Waals surface area contributed by atoms with E-state index in [1.807, 2.05) is 23.7 Å². The summed E-state index contributed by atoms with van der Waals surface area (Å²) in [6, 6.07) is 0.653. The first-order valence-corrected chi connectivity index (χ1v) is 7.07. The minimum Gasteiger partial charge on any atom is -0.379 e. The highest BCUT2D eigenvalue weighted by Gasteiger charge is 2.26. The second kappa shape index (κ2) is 7.46. The molecular formula is C11H21ClN2O2S. The molecule has 4 nitrogen and oxygen atoms in total. The summed E-state index contributed by atoms with van der Waals surface area (Å²) in [7, 11) is 1.90. The van der Waals surface area contributed by atoms with Gasteiger partial charge in [-0.2, -0.15) is 11.8 Å². The van der Waals surface area contributed by atoms with Crippen LogP contribution in [0.15, 0.2) is 0 Å². The van der Waals surface area contributed by atoms with Crippen LogP contribution < -0.4 is 5.32 Å². The molecule has 0 aromatic heterocycles. The van der Waals surface area contributed by atoms with Crippen molar-refractivity contribution in [3.05, 3.63) is 0 Å². The van der Waals surface area contributed by atoms with E-state index in [9.17, 15) is 4.79 Å². The highest BCUT2D eigenvalue weighted by atomic mass is 35.5. The van der Waals surface area contributed by atoms with E-state index in [1.54, 1.807) is 0 Å². The van der Waals surface area contributed by atoms with Gasteiger partial charge in [-0.05, 0) is 6.42 Å². The van der Waals surface area contributed by atoms with E-state index in [4.69, 9.17) is 4.74 Å². The Morgan fingerprint density at radius 3 is 3.00 bits per heavy atom. The fraction of sp³-hybridized carbons (Fsp3) is 0.909. The maximum absolute atomic E-state index is 12.0. The van der Waals surface area contributed by atoms with Crippen LogP contribution >= 0.6 is 24.2 Å². The van der Waals surface area contributed by atoms with Crippen molar-refractivity contribution in [3.8, 4) is 0 Å². The Bertz CT molecular complexity index is 244. The van der Waals surface area contributed by atoms with Crippen LogP contribution in [0.4, 0.5) is 0 Å². The van der Waals surface area contributed by atoms with Crippen LogP contribution in [0.5, 0.6) is 0 Å². The summed E-state index contributed by atoms with van der Waals surface area (Å²) in [4.78, 5) is 13.9. The number of likely N-dealkylation sites (N-methyl/N-ethyl adjacent to an activating group) is 1. The summed E-state index contributed by atoms with van der Waals surface area (Å²) in [5, 5.41) is 3.40. The molecule has 0 aromatic carbocycles. The smallest absolute Gasteiger partial charge is 0.224 e. The van der Waals surface area contributed by atoms with Crippen molar-refractivity contribution >= 4 is 30.1 Å². The summed E-state index contributed by atoms with van der Waals surface area (Å²) in [5.41, 5.74) is 0. The zero-order chi connectivity index (χ0) is 11.4. The number of carbonyl (C=O) groups is 1. The van der Waals surface area contributed by atoms with Crippen LogP contribution in [0.25, 0.3) is 0 Å². The predicted octanol–water partition coefficient (Wildman–Crippen LogP) is 0.751. The van der Waals surface area contributed by atoms with Gasteiger partial charge in [0.25, 0.3) is 0 Å². The quantitative estimate of drug-likeness (QED) is 0.828. The second-order valence-corrected chi connectivity index (χ2v) is 5.60. The average Bonchev–Trinajstić information content (AvgIpc) is 2.83. The lowest BCUT2D eigenvalue weighted by molar-refractivity contribution is -0.132. The molecule has 2 heterocycles. The Hall–Kier alpha value is 0.0300. The number of hydrogen-bond donors (Lipinski definition) is 1. The van der Waals surface area contributed by atoms with Crippen LogP contribution in [0.1, 0.15) is 12.8 Å². The van der Waals surface area contributed by atoms with Crippen molar-refractivity contribution in [3.63, 3.8) is 0 Å². The van der Waals surface area contributed by atoms with Gasteiger partial charge in [0, 0.05) is 44.2 Å². The van der Waals surface area contributed by atoms with Gasteiger partial charge in [-0.3, -0.25) is 4.79 Å². The lowest BCUT2D eigenvalue weighted by atomic mass is 10.1. The van der Waals surface area contributed by atoms with Gasteiger partial charge in [0.15, 0.2) is 0 Å². The molecule has 2 aliphatic heterocycles. The Kier molecular flexibility index (Phi) is 6.62. The molecule has 0 bridgehead atoms. The zero-order valence-electron chi connectivity index (χ0n) is 10.2. The maximum Gasteiger partial charge on any atom is 0.224 e. The van der Waals surface area contributed by atoms with Crippen molar-refractivity contribution < 1.29 is 9.53 Å². The topological polar surface area (TPSA) is 41.6 Å². The molecule has 0 spiro atoms. The van der Waals surface area contributed by atoms with Gasteiger partial charge in [0.2, 0.25) is 5.91 Å². The first-order valence-electron chi connectivity index (χ1n) is 5.92. The monoisotopic (exact) mass is 280 g/mol. The molecule has 0 aliphatic carbocycles. The Morgan fingerprint density at radius 1 is 1.59 bits per heavy atom. The van der Waals surface area contributed by atoms with Crippen LogP contribution in [0.3, 0.4) is 0 Å². The largest absolute Gasteiger partial charge is 0.379 e. The van der Waals surface area contributed by atoms with Crippen molar-refractivity contribution in [2.45, 2.75) is 24.9 Å². The van der Waals surface area contributed by atoms with Gasteiger partial charge in [-0.15, -0.1) is 12.4 Å². The van der Waals surface area contributed by atoms with E-state index in [-0.39, 0.29) is 18.3 Å². The molecule has 100 valence electrons. The van der Waals surface area contributed by atoms with Gasteiger partial charge in [-0.1, -0.05) is 0 Å². The lowest BCUT2D eigenvalue weighted by Crippen LogP contribution is -2.44. The van der Waals surface area contributed by atoms with E-state index in [1.165, 1.54) is 0 Å². The van der Waals surface area contributed by atoms with E-state index < -0.39 is 0 Å². The molecule has 2 saturated heterocycles. The van der Waals surface area contributed by atoms with Gasteiger partial charge in [0.05, 0.1) is 12.6 Å². The van der Waals surface area contributed by atoms with E-state index in [0.29, 0.717) is 25.1 Å². The standard InChI is InChI=1S/C11H20N2O2S.ClH/c1-13(10-2-4-15-7-10)11(14)6-9-8-16-5-3-12-9;/h9-10,12H,2-8H2,1H3;1H. The van der Waals surface area contributed by atoms with Crippen molar-refractivity contribution in [2.24, 2.45) is 0 Å². The Labute approximate surface area is 113 Å². The average molecular weight is 281 g/mol. The first kappa shape index (κ1) is 15.1. The fourth-order valence-electron chi connectivity index (χ4n) is 2.14. The number of nitrogens with zero attached hydrogens (tertiary/aromatic N) is 1. The van der Waals surface area contributed by atoms with Crippen molar-refractivity contribution in [1.82, 2.24) is 10.2 Å². The highest BCUT2D eigenvalue weighted by molar-refractivity contribution is 7.99. The summed E-state index contributed by atoms with van der Waals surface area (Å²) >= 11 is 1.93. The fourth-order valence-corrected chi connectivity index (χ4v) is 3.09. The molecule has 2 aliphatic rings. The molecule has 2 fully saturated rings. The van der Waals surface area contributed by atoms with E-state index in [0.717, 1.165) is 31.1 Å². The zero-order valence-corrected chi connectivity index (χ0v) is 11.8. The van der Waals surface area contributed by atoms with Gasteiger partial charge >= 0.3 is 0 Å². The second-order valence-electron chi connectivity index (χ2n) is 4.45. The molecular weight excluding hydrogens is 260 g/mol. The number of thioether (sulfide) groups is 1. The van der Waals surface area contributed by atoms with Gasteiger partial charge in [-0.25, -0.2) is 0 Å². The minimum absolute atomic E-state index is 0. The number of nitrogens with one attached hydrogen (secondary N) is 1. The minimum atomic E-state index is 0. The molecule has 1 amide bonds. The summed E-state index contributed by atoms with van der Waals surface area (Å²) in [5.74, 6) is 2.47. The Morgan fingerprint density at radius 2 is 2.41 bits per heavy atom. The first-order chi connectivity index (χ1) is 7.77. The molecule has 1 N–H and O–H groups in total. The number of amides is 1. The SMILES string of the molecule is CN(C(=O)CC1CSCCN1)C1CCOC1.Cl. The van der Waals surface area contributed by atoms with Gasteiger partial charge in [0.1, 0.15) is 0 Å². The van der Waals surface area contributed by atoms with Crippen molar-refractivity contribution in [1.29, 1.82) is 0 Å². The molecule has 2 atom stereocenters. The summed E-state index contributed by atoms with van der Waals surface area (Å²) in [6.45, 7) is 2.52. The van der Waals surface area contributed by atoms with Crippen LogP contribution in [-0.2, 0) is 9.53 Å². The third-order valence-corrected chi connectivity index (χ3v) is 4.40. The van der Waals surface area contributed by atoms with E-state index >= 15 is 0 Å². The maximum atomic E-state index is 12.0. The number of rotatable bonds is 3. The number of ether oxygens (including phenoxy) is 1. The van der Waals surface area contributed by atoms with Gasteiger partial charge < -0.3 is 15.0 Å². The highest BCUT2D eigenvalue weighted by Crippen LogP contribution is 2.15. The molecule has 17 heavy (non-hydrogen) atoms. The van der Waals surface area contributed by atoms with E-state index in [2.05, 4.69) is 5.32 Å². The predicted molar refractivity (Wildman–Crippen MR) is 73.0 cm³/mol. The number of halogens is 1. The molecule has 2 unspecified atom stereocenters. The molecule has 0 saturated carbocycles. The summed E-state index contributed by atoms with van der Waals surface area (Å²) in [6.07, 6.45) is 1.61. The van der Waals surface area contributed by atoms with Crippen LogP contribution in [0.2, 0.25) is 0 Å². The molecule has 0 aromatic rings. The normalized spacial score (nSPS) is 28.5. The number of hydrogen-bond acceptors (Lipinski definition) is 4.